The van der Waals surface area contributed by atoms with Gasteiger partial charge in [-0.25, -0.2) is 0 Å². The summed E-state index contributed by atoms with van der Waals surface area (Å²) in [5, 5.41) is 7.00. The minimum atomic E-state index is 0.168. The van der Waals surface area contributed by atoms with Gasteiger partial charge in [-0.1, -0.05) is 13.3 Å². The van der Waals surface area contributed by atoms with Gasteiger partial charge in [0.15, 0.2) is 0 Å². The highest BCUT2D eigenvalue weighted by molar-refractivity contribution is 5.79. The van der Waals surface area contributed by atoms with Crippen LogP contribution in [-0.2, 0) is 11.2 Å². The standard InChI is InChI=1S/C12H21N3O/c1-5-6-7-15(4)12(16)8-11-9(2)13-14-10(11)3/h5-8H2,1-4H3,(H,13,14). The highest BCUT2D eigenvalue weighted by Crippen LogP contribution is 2.11. The average Bonchev–Trinajstić information content (AvgIpc) is 2.57. The van der Waals surface area contributed by atoms with Crippen molar-refractivity contribution in [3.63, 3.8) is 0 Å². The van der Waals surface area contributed by atoms with Crippen molar-refractivity contribution in [1.82, 2.24) is 15.1 Å². The van der Waals surface area contributed by atoms with Gasteiger partial charge in [0.05, 0.1) is 12.1 Å². The van der Waals surface area contributed by atoms with Crippen molar-refractivity contribution < 1.29 is 4.79 Å². The van der Waals surface area contributed by atoms with Crippen LogP contribution < -0.4 is 0 Å². The second kappa shape index (κ2) is 5.68. The summed E-state index contributed by atoms with van der Waals surface area (Å²) < 4.78 is 0. The number of nitrogens with one attached hydrogen (secondary N) is 1. The van der Waals surface area contributed by atoms with Crippen molar-refractivity contribution in [2.75, 3.05) is 13.6 Å². The summed E-state index contributed by atoms with van der Waals surface area (Å²) in [4.78, 5) is 13.7. The van der Waals surface area contributed by atoms with Gasteiger partial charge in [-0.2, -0.15) is 5.10 Å². The Morgan fingerprint density at radius 1 is 1.44 bits per heavy atom. The summed E-state index contributed by atoms with van der Waals surface area (Å²) in [6.45, 7) is 6.85. The molecule has 90 valence electrons. The van der Waals surface area contributed by atoms with Crippen LogP contribution in [0.25, 0.3) is 0 Å². The normalized spacial score (nSPS) is 10.5. The lowest BCUT2D eigenvalue weighted by molar-refractivity contribution is -0.129. The number of nitrogens with zero attached hydrogens (tertiary/aromatic N) is 2. The first kappa shape index (κ1) is 12.7. The number of aromatic amines is 1. The van der Waals surface area contributed by atoms with Crippen molar-refractivity contribution >= 4 is 5.91 Å². The predicted octanol–water partition coefficient (Wildman–Crippen LogP) is 1.83. The molecule has 0 bridgehead atoms. The Morgan fingerprint density at radius 2 is 2.12 bits per heavy atom. The first-order chi connectivity index (χ1) is 7.56. The second-order valence-electron chi connectivity index (χ2n) is 4.26. The molecule has 0 aliphatic rings. The van der Waals surface area contributed by atoms with Gasteiger partial charge < -0.3 is 4.90 Å². The Balaban J connectivity index is 2.57. The molecule has 4 nitrogen and oxygen atoms in total. The smallest absolute Gasteiger partial charge is 0.226 e. The Morgan fingerprint density at radius 3 is 2.62 bits per heavy atom. The average molecular weight is 223 g/mol. The number of aromatic nitrogens is 2. The lowest BCUT2D eigenvalue weighted by atomic mass is 10.1. The zero-order valence-electron chi connectivity index (χ0n) is 10.6. The van der Waals surface area contributed by atoms with Crippen molar-refractivity contribution in [3.8, 4) is 0 Å². The zero-order valence-corrected chi connectivity index (χ0v) is 10.6. The molecule has 4 heteroatoms. The van der Waals surface area contributed by atoms with Crippen LogP contribution >= 0.6 is 0 Å². The molecular formula is C12H21N3O. The van der Waals surface area contributed by atoms with Crippen LogP contribution in [0.5, 0.6) is 0 Å². The molecule has 0 atom stereocenters. The van der Waals surface area contributed by atoms with E-state index >= 15 is 0 Å². The summed E-state index contributed by atoms with van der Waals surface area (Å²) in [5.41, 5.74) is 2.96. The number of rotatable bonds is 5. The van der Waals surface area contributed by atoms with Gasteiger partial charge in [0.1, 0.15) is 0 Å². The first-order valence-corrected chi connectivity index (χ1v) is 5.80. The molecule has 0 saturated heterocycles. The number of hydrogen-bond donors (Lipinski definition) is 1. The van der Waals surface area contributed by atoms with E-state index in [4.69, 9.17) is 0 Å². The number of carbonyl (C=O) groups excluding carboxylic acids is 1. The van der Waals surface area contributed by atoms with Crippen LogP contribution in [0.15, 0.2) is 0 Å². The minimum Gasteiger partial charge on any atom is -0.345 e. The third-order valence-electron chi connectivity index (χ3n) is 2.88. The van der Waals surface area contributed by atoms with Crippen LogP contribution in [0, 0.1) is 13.8 Å². The molecule has 0 aliphatic heterocycles. The molecule has 0 fully saturated rings. The van der Waals surface area contributed by atoms with Crippen LogP contribution in [0.2, 0.25) is 0 Å². The number of unbranched alkanes of at least 4 members (excludes halogenated alkanes) is 1. The van der Waals surface area contributed by atoms with Gasteiger partial charge in [-0.3, -0.25) is 9.89 Å². The van der Waals surface area contributed by atoms with E-state index in [1.807, 2.05) is 20.9 Å². The van der Waals surface area contributed by atoms with E-state index in [9.17, 15) is 4.79 Å². The quantitative estimate of drug-likeness (QED) is 0.828. The van der Waals surface area contributed by atoms with Crippen LogP contribution in [0.1, 0.15) is 36.7 Å². The van der Waals surface area contributed by atoms with Crippen molar-refractivity contribution in [1.29, 1.82) is 0 Å². The number of aryl methyl sites for hydroxylation is 2. The summed E-state index contributed by atoms with van der Waals surface area (Å²) in [6, 6.07) is 0. The number of carbonyl (C=O) groups is 1. The molecule has 0 aliphatic carbocycles. The Bertz CT molecular complexity index is 338. The Kier molecular flexibility index (Phi) is 4.52. The second-order valence-corrected chi connectivity index (χ2v) is 4.26. The molecule has 16 heavy (non-hydrogen) atoms. The van der Waals surface area contributed by atoms with E-state index in [0.29, 0.717) is 6.42 Å². The lowest BCUT2D eigenvalue weighted by Gasteiger charge is -2.16. The highest BCUT2D eigenvalue weighted by atomic mass is 16.2. The fraction of sp³-hybridized carbons (Fsp3) is 0.667. The molecule has 0 saturated carbocycles. The molecule has 1 amide bonds. The molecule has 1 rings (SSSR count). The molecule has 0 spiro atoms. The number of likely N-dealkylation sites (N-methyl/N-ethyl adjacent to an activating group) is 1. The third-order valence-corrected chi connectivity index (χ3v) is 2.88. The molecule has 0 radical (unpaired) electrons. The summed E-state index contributed by atoms with van der Waals surface area (Å²) in [7, 11) is 1.86. The van der Waals surface area contributed by atoms with Gasteiger partial charge in [-0.05, 0) is 20.3 Å². The van der Waals surface area contributed by atoms with E-state index < -0.39 is 0 Å². The first-order valence-electron chi connectivity index (χ1n) is 5.80. The SMILES string of the molecule is CCCCN(C)C(=O)Cc1c(C)n[nH]c1C. The van der Waals surface area contributed by atoms with E-state index in [1.165, 1.54) is 0 Å². The maximum absolute atomic E-state index is 11.9. The number of hydrogen-bond acceptors (Lipinski definition) is 2. The topological polar surface area (TPSA) is 49.0 Å². The fourth-order valence-electron chi connectivity index (χ4n) is 1.64. The molecule has 1 N–H and O–H groups in total. The minimum absolute atomic E-state index is 0.168. The maximum atomic E-state index is 11.9. The van der Waals surface area contributed by atoms with Gasteiger partial charge in [0, 0.05) is 24.8 Å². The molecule has 1 aromatic heterocycles. The Hall–Kier alpha value is -1.32. The lowest BCUT2D eigenvalue weighted by Crippen LogP contribution is -2.29. The fourth-order valence-corrected chi connectivity index (χ4v) is 1.64. The van der Waals surface area contributed by atoms with Gasteiger partial charge >= 0.3 is 0 Å². The maximum Gasteiger partial charge on any atom is 0.226 e. The summed E-state index contributed by atoms with van der Waals surface area (Å²) >= 11 is 0. The third kappa shape index (κ3) is 3.08. The van der Waals surface area contributed by atoms with Gasteiger partial charge in [0.25, 0.3) is 0 Å². The molecule has 1 heterocycles. The van der Waals surface area contributed by atoms with E-state index in [-0.39, 0.29) is 5.91 Å². The van der Waals surface area contributed by atoms with Crippen LogP contribution in [-0.4, -0.2) is 34.6 Å². The predicted molar refractivity (Wildman–Crippen MR) is 64.3 cm³/mol. The van der Waals surface area contributed by atoms with E-state index in [1.54, 1.807) is 4.90 Å². The van der Waals surface area contributed by atoms with Gasteiger partial charge in [-0.15, -0.1) is 0 Å². The Labute approximate surface area is 97.0 Å². The summed E-state index contributed by atoms with van der Waals surface area (Å²) in [6.07, 6.45) is 2.63. The zero-order chi connectivity index (χ0) is 12.1. The number of H-pyrrole nitrogens is 1. The largest absolute Gasteiger partial charge is 0.345 e. The monoisotopic (exact) mass is 223 g/mol. The molecule has 0 unspecified atom stereocenters. The van der Waals surface area contributed by atoms with Crippen LogP contribution in [0.3, 0.4) is 0 Å². The highest BCUT2D eigenvalue weighted by Gasteiger charge is 2.14. The molecular weight excluding hydrogens is 202 g/mol. The van der Waals surface area contributed by atoms with Crippen molar-refractivity contribution in [2.45, 2.75) is 40.0 Å². The number of amides is 1. The van der Waals surface area contributed by atoms with Crippen LogP contribution in [0.4, 0.5) is 0 Å². The van der Waals surface area contributed by atoms with Gasteiger partial charge in [0.2, 0.25) is 5.91 Å². The van der Waals surface area contributed by atoms with Crippen molar-refractivity contribution in [2.24, 2.45) is 0 Å². The van der Waals surface area contributed by atoms with Crippen molar-refractivity contribution in [3.05, 3.63) is 17.0 Å². The molecule has 0 aromatic carbocycles. The molecule has 1 aromatic rings. The van der Waals surface area contributed by atoms with E-state index in [0.717, 1.165) is 36.3 Å². The van der Waals surface area contributed by atoms with E-state index in [2.05, 4.69) is 17.1 Å². The summed E-state index contributed by atoms with van der Waals surface area (Å²) in [5.74, 6) is 0.168.